The third kappa shape index (κ3) is 3.71. The van der Waals surface area contributed by atoms with Gasteiger partial charge in [0.15, 0.2) is 0 Å². The normalized spacial score (nSPS) is 16.2. The Bertz CT molecular complexity index is 482. The minimum atomic E-state index is -0.701. The van der Waals surface area contributed by atoms with Gasteiger partial charge in [-0.1, -0.05) is 25.0 Å². The van der Waals surface area contributed by atoms with Crippen LogP contribution in [0.2, 0.25) is 0 Å². The predicted molar refractivity (Wildman–Crippen MR) is 79.4 cm³/mol. The summed E-state index contributed by atoms with van der Waals surface area (Å²) in [6.45, 7) is 0.414. The van der Waals surface area contributed by atoms with Gasteiger partial charge in [-0.15, -0.1) is 12.4 Å². The molecule has 0 saturated heterocycles. The molecule has 20 heavy (non-hydrogen) atoms. The minimum Gasteiger partial charge on any atom is -0.366 e. The summed E-state index contributed by atoms with van der Waals surface area (Å²) in [5, 5.41) is 2.85. The first-order valence-electron chi connectivity index (χ1n) is 6.47. The van der Waals surface area contributed by atoms with Gasteiger partial charge < -0.3 is 16.8 Å². The number of hydrogen-bond donors (Lipinski definition) is 3. The molecule has 6 heteroatoms. The number of nitrogens with one attached hydrogen (secondary N) is 1. The highest BCUT2D eigenvalue weighted by Crippen LogP contribution is 2.27. The maximum absolute atomic E-state index is 12.0. The van der Waals surface area contributed by atoms with Crippen LogP contribution in [0.1, 0.15) is 41.6 Å². The van der Waals surface area contributed by atoms with E-state index in [-0.39, 0.29) is 18.3 Å². The van der Waals surface area contributed by atoms with E-state index in [2.05, 4.69) is 5.32 Å². The van der Waals surface area contributed by atoms with Gasteiger partial charge in [0.05, 0.1) is 5.54 Å². The Kier molecular flexibility index (Phi) is 5.53. The number of hydrogen-bond acceptors (Lipinski definition) is 3. The Balaban J connectivity index is 0.00000200. The molecule has 0 heterocycles. The lowest BCUT2D eigenvalue weighted by Gasteiger charge is -2.22. The monoisotopic (exact) mass is 297 g/mol. The quantitative estimate of drug-likeness (QED) is 0.776. The Morgan fingerprint density at radius 3 is 2.20 bits per heavy atom. The Hall–Kier alpha value is -1.59. The van der Waals surface area contributed by atoms with Crippen LogP contribution in [0.25, 0.3) is 0 Å². The lowest BCUT2D eigenvalue weighted by atomic mass is 9.98. The molecule has 1 fully saturated rings. The maximum atomic E-state index is 12.0. The molecule has 110 valence electrons. The molecule has 2 amide bonds. The van der Waals surface area contributed by atoms with E-state index in [0.29, 0.717) is 12.1 Å². The second kappa shape index (κ2) is 6.72. The summed E-state index contributed by atoms with van der Waals surface area (Å²) in [7, 11) is 0. The SMILES string of the molecule is Cl.NC(=O)c1ccc(CNC(=O)C2(N)CCCC2)cc1. The summed E-state index contributed by atoms with van der Waals surface area (Å²) in [4.78, 5) is 22.9. The van der Waals surface area contributed by atoms with Crippen molar-refractivity contribution < 1.29 is 9.59 Å². The van der Waals surface area contributed by atoms with Crippen LogP contribution in [0.15, 0.2) is 24.3 Å². The van der Waals surface area contributed by atoms with E-state index < -0.39 is 11.4 Å². The minimum absolute atomic E-state index is 0. The Morgan fingerprint density at radius 2 is 1.70 bits per heavy atom. The van der Waals surface area contributed by atoms with Crippen molar-refractivity contribution in [2.45, 2.75) is 37.8 Å². The molecular weight excluding hydrogens is 278 g/mol. The van der Waals surface area contributed by atoms with E-state index >= 15 is 0 Å². The van der Waals surface area contributed by atoms with Gasteiger partial charge in [-0.25, -0.2) is 0 Å². The molecule has 0 bridgehead atoms. The lowest BCUT2D eigenvalue weighted by molar-refractivity contribution is -0.126. The fourth-order valence-electron chi connectivity index (χ4n) is 2.38. The van der Waals surface area contributed by atoms with Gasteiger partial charge in [0.25, 0.3) is 0 Å². The third-order valence-corrected chi connectivity index (χ3v) is 3.64. The topological polar surface area (TPSA) is 98.2 Å². The van der Waals surface area contributed by atoms with Crippen LogP contribution in [0.4, 0.5) is 0 Å². The zero-order valence-corrected chi connectivity index (χ0v) is 12.0. The molecular formula is C14H20ClN3O2. The first-order valence-corrected chi connectivity index (χ1v) is 6.47. The second-order valence-electron chi connectivity index (χ2n) is 5.11. The molecule has 5 N–H and O–H groups in total. The van der Waals surface area contributed by atoms with Crippen LogP contribution < -0.4 is 16.8 Å². The largest absolute Gasteiger partial charge is 0.366 e. The highest BCUT2D eigenvalue weighted by atomic mass is 35.5. The summed E-state index contributed by atoms with van der Waals surface area (Å²) < 4.78 is 0. The van der Waals surface area contributed by atoms with E-state index in [1.807, 2.05) is 0 Å². The van der Waals surface area contributed by atoms with E-state index in [9.17, 15) is 9.59 Å². The number of primary amides is 1. The van der Waals surface area contributed by atoms with Crippen molar-refractivity contribution in [3.63, 3.8) is 0 Å². The lowest BCUT2D eigenvalue weighted by Crippen LogP contribution is -2.51. The average Bonchev–Trinajstić information content (AvgIpc) is 2.84. The first-order chi connectivity index (χ1) is 9.01. The van der Waals surface area contributed by atoms with Crippen molar-refractivity contribution >= 4 is 24.2 Å². The summed E-state index contributed by atoms with van der Waals surface area (Å²) in [6.07, 6.45) is 3.52. The Morgan fingerprint density at radius 1 is 1.15 bits per heavy atom. The number of nitrogens with two attached hydrogens (primary N) is 2. The molecule has 0 atom stereocenters. The zero-order chi connectivity index (χ0) is 13.9. The number of amides is 2. The van der Waals surface area contributed by atoms with Crippen LogP contribution in [0.3, 0.4) is 0 Å². The standard InChI is InChI=1S/C14H19N3O2.ClH/c15-12(18)11-5-3-10(4-6-11)9-17-13(19)14(16)7-1-2-8-14;/h3-6H,1-2,7-9,16H2,(H2,15,18)(H,17,19);1H. The predicted octanol–water partition coefficient (Wildman–Crippen LogP) is 1.09. The van der Waals surface area contributed by atoms with Crippen molar-refractivity contribution in [1.29, 1.82) is 0 Å². The highest BCUT2D eigenvalue weighted by Gasteiger charge is 2.36. The van der Waals surface area contributed by atoms with Gasteiger partial charge >= 0.3 is 0 Å². The fourth-order valence-corrected chi connectivity index (χ4v) is 2.38. The highest BCUT2D eigenvalue weighted by molar-refractivity contribution is 5.92. The smallest absolute Gasteiger partial charge is 0.248 e. The van der Waals surface area contributed by atoms with Crippen molar-refractivity contribution in [2.24, 2.45) is 11.5 Å². The molecule has 0 unspecified atom stereocenters. The molecule has 5 nitrogen and oxygen atoms in total. The van der Waals surface area contributed by atoms with Gasteiger partial charge in [0, 0.05) is 12.1 Å². The molecule has 0 aromatic heterocycles. The zero-order valence-electron chi connectivity index (χ0n) is 11.2. The van der Waals surface area contributed by atoms with Crippen molar-refractivity contribution in [3.8, 4) is 0 Å². The molecule has 0 radical (unpaired) electrons. The van der Waals surface area contributed by atoms with Gasteiger partial charge in [-0.3, -0.25) is 9.59 Å². The summed E-state index contributed by atoms with van der Waals surface area (Å²) in [5.74, 6) is -0.550. The van der Waals surface area contributed by atoms with Gasteiger partial charge in [-0.05, 0) is 30.5 Å². The number of carbonyl (C=O) groups is 2. The van der Waals surface area contributed by atoms with Gasteiger partial charge in [0.2, 0.25) is 11.8 Å². The van der Waals surface area contributed by atoms with E-state index in [1.54, 1.807) is 24.3 Å². The van der Waals surface area contributed by atoms with Crippen LogP contribution in [0.5, 0.6) is 0 Å². The summed E-state index contributed by atoms with van der Waals surface area (Å²) in [6, 6.07) is 6.85. The van der Waals surface area contributed by atoms with Crippen molar-refractivity contribution in [3.05, 3.63) is 35.4 Å². The molecule has 1 aromatic carbocycles. The second-order valence-corrected chi connectivity index (χ2v) is 5.11. The molecule has 1 aliphatic carbocycles. The van der Waals surface area contributed by atoms with Crippen LogP contribution in [-0.2, 0) is 11.3 Å². The molecule has 2 rings (SSSR count). The van der Waals surface area contributed by atoms with Crippen LogP contribution in [0, 0.1) is 0 Å². The Labute approximate surface area is 124 Å². The van der Waals surface area contributed by atoms with Crippen LogP contribution >= 0.6 is 12.4 Å². The molecule has 1 aliphatic rings. The molecule has 0 spiro atoms. The van der Waals surface area contributed by atoms with Crippen LogP contribution in [-0.4, -0.2) is 17.4 Å². The van der Waals surface area contributed by atoms with E-state index in [1.165, 1.54) is 0 Å². The number of halogens is 1. The number of benzene rings is 1. The third-order valence-electron chi connectivity index (χ3n) is 3.64. The van der Waals surface area contributed by atoms with E-state index in [0.717, 1.165) is 31.2 Å². The summed E-state index contributed by atoms with van der Waals surface area (Å²) >= 11 is 0. The van der Waals surface area contributed by atoms with Gasteiger partial charge in [-0.2, -0.15) is 0 Å². The molecule has 0 aliphatic heterocycles. The number of carbonyl (C=O) groups excluding carboxylic acids is 2. The fraction of sp³-hybridized carbons (Fsp3) is 0.429. The summed E-state index contributed by atoms with van der Waals surface area (Å²) in [5.41, 5.74) is 11.9. The molecule has 1 saturated carbocycles. The first kappa shape index (κ1) is 16.5. The van der Waals surface area contributed by atoms with Crippen molar-refractivity contribution in [1.82, 2.24) is 5.32 Å². The average molecular weight is 298 g/mol. The maximum Gasteiger partial charge on any atom is 0.248 e. The van der Waals surface area contributed by atoms with E-state index in [4.69, 9.17) is 11.5 Å². The van der Waals surface area contributed by atoms with Gasteiger partial charge in [0.1, 0.15) is 0 Å². The molecule has 1 aromatic rings. The van der Waals surface area contributed by atoms with Crippen molar-refractivity contribution in [2.75, 3.05) is 0 Å². The number of rotatable bonds is 4.